The smallest absolute Gasteiger partial charge is 0.203 e. The van der Waals surface area contributed by atoms with Gasteiger partial charge in [0.15, 0.2) is 16.6 Å². The molecule has 0 fully saturated rings. The SMILES string of the molecule is COc1ccc(-c2csc(NNCc3cc(OC)c(OC)c(OC)c3)n2)cc1. The second kappa shape index (κ2) is 9.29. The van der Waals surface area contributed by atoms with E-state index < -0.39 is 0 Å². The molecule has 8 heteroatoms. The van der Waals surface area contributed by atoms with E-state index in [4.69, 9.17) is 18.9 Å². The molecule has 0 aliphatic heterocycles. The second-order valence-electron chi connectivity index (χ2n) is 5.78. The van der Waals surface area contributed by atoms with Crippen molar-refractivity contribution in [3.8, 4) is 34.3 Å². The summed E-state index contributed by atoms with van der Waals surface area (Å²) in [7, 11) is 6.44. The molecule has 0 aliphatic carbocycles. The Kier molecular flexibility index (Phi) is 6.57. The van der Waals surface area contributed by atoms with E-state index >= 15 is 0 Å². The molecule has 0 unspecified atom stereocenters. The van der Waals surface area contributed by atoms with E-state index in [1.807, 2.05) is 41.8 Å². The quantitative estimate of drug-likeness (QED) is 0.526. The van der Waals surface area contributed by atoms with Crippen LogP contribution in [0.25, 0.3) is 11.3 Å². The fraction of sp³-hybridized carbons (Fsp3) is 0.250. The molecule has 2 aromatic carbocycles. The van der Waals surface area contributed by atoms with Gasteiger partial charge < -0.3 is 18.9 Å². The first-order valence-electron chi connectivity index (χ1n) is 8.56. The molecule has 7 nitrogen and oxygen atoms in total. The summed E-state index contributed by atoms with van der Waals surface area (Å²) < 4.78 is 21.3. The molecule has 148 valence electrons. The van der Waals surface area contributed by atoms with Crippen molar-refractivity contribution in [2.24, 2.45) is 0 Å². The molecule has 0 spiro atoms. The van der Waals surface area contributed by atoms with Gasteiger partial charge >= 0.3 is 0 Å². The van der Waals surface area contributed by atoms with Gasteiger partial charge in [0.2, 0.25) is 5.75 Å². The van der Waals surface area contributed by atoms with Crippen LogP contribution in [0.5, 0.6) is 23.0 Å². The first kappa shape index (κ1) is 19.8. The van der Waals surface area contributed by atoms with Crippen LogP contribution in [0.1, 0.15) is 5.56 Å². The van der Waals surface area contributed by atoms with Gasteiger partial charge in [0.25, 0.3) is 0 Å². The fourth-order valence-corrected chi connectivity index (χ4v) is 3.38. The van der Waals surface area contributed by atoms with Gasteiger partial charge in [-0.3, -0.25) is 5.43 Å². The van der Waals surface area contributed by atoms with Gasteiger partial charge in [-0.1, -0.05) is 0 Å². The summed E-state index contributed by atoms with van der Waals surface area (Å²) in [6.07, 6.45) is 0. The van der Waals surface area contributed by atoms with Gasteiger partial charge in [-0.25, -0.2) is 10.4 Å². The van der Waals surface area contributed by atoms with E-state index in [1.54, 1.807) is 28.4 Å². The van der Waals surface area contributed by atoms with Gasteiger partial charge in [0.1, 0.15) is 5.75 Å². The number of nitrogens with one attached hydrogen (secondary N) is 2. The number of methoxy groups -OCH3 is 4. The minimum Gasteiger partial charge on any atom is -0.497 e. The summed E-state index contributed by atoms with van der Waals surface area (Å²) >= 11 is 1.53. The van der Waals surface area contributed by atoms with Crippen molar-refractivity contribution in [2.75, 3.05) is 33.9 Å². The fourth-order valence-electron chi connectivity index (χ4n) is 2.68. The van der Waals surface area contributed by atoms with E-state index in [9.17, 15) is 0 Å². The summed E-state index contributed by atoms with van der Waals surface area (Å²) in [4.78, 5) is 4.60. The largest absolute Gasteiger partial charge is 0.497 e. The van der Waals surface area contributed by atoms with Crippen LogP contribution < -0.4 is 29.8 Å². The lowest BCUT2D eigenvalue weighted by Crippen LogP contribution is -2.20. The van der Waals surface area contributed by atoms with Gasteiger partial charge in [-0.15, -0.1) is 11.3 Å². The van der Waals surface area contributed by atoms with Crippen LogP contribution in [0.2, 0.25) is 0 Å². The summed E-state index contributed by atoms with van der Waals surface area (Å²) in [5.74, 6) is 2.64. The Morgan fingerprint density at radius 1 is 0.893 bits per heavy atom. The average molecular weight is 401 g/mol. The normalized spacial score (nSPS) is 10.4. The minimum absolute atomic E-state index is 0.550. The van der Waals surface area contributed by atoms with Crippen LogP contribution in [0.15, 0.2) is 41.8 Å². The van der Waals surface area contributed by atoms with Crippen LogP contribution in [0.3, 0.4) is 0 Å². The summed E-state index contributed by atoms with van der Waals surface area (Å²) in [5.41, 5.74) is 9.22. The highest BCUT2D eigenvalue weighted by Crippen LogP contribution is 2.38. The molecule has 0 amide bonds. The Bertz CT molecular complexity index is 887. The first-order chi connectivity index (χ1) is 13.7. The first-order valence-corrected chi connectivity index (χ1v) is 9.44. The van der Waals surface area contributed by atoms with E-state index in [-0.39, 0.29) is 0 Å². The van der Waals surface area contributed by atoms with Gasteiger partial charge in [-0.2, -0.15) is 0 Å². The number of thiazole rings is 1. The molecule has 0 saturated carbocycles. The van der Waals surface area contributed by atoms with Gasteiger partial charge in [0, 0.05) is 17.5 Å². The molecule has 1 aromatic heterocycles. The minimum atomic E-state index is 0.550. The lowest BCUT2D eigenvalue weighted by Gasteiger charge is -2.14. The number of ether oxygens (including phenoxy) is 4. The number of nitrogens with zero attached hydrogens (tertiary/aromatic N) is 1. The Hall–Kier alpha value is -2.97. The lowest BCUT2D eigenvalue weighted by molar-refractivity contribution is 0.323. The topological polar surface area (TPSA) is 73.9 Å². The van der Waals surface area contributed by atoms with Crippen molar-refractivity contribution in [1.82, 2.24) is 10.4 Å². The van der Waals surface area contributed by atoms with Crippen LogP contribution >= 0.6 is 11.3 Å². The van der Waals surface area contributed by atoms with Gasteiger partial charge in [-0.05, 0) is 42.0 Å². The maximum atomic E-state index is 5.38. The Balaban J connectivity index is 1.63. The van der Waals surface area contributed by atoms with Crippen molar-refractivity contribution >= 4 is 16.5 Å². The second-order valence-corrected chi connectivity index (χ2v) is 6.64. The third-order valence-electron chi connectivity index (χ3n) is 4.10. The highest BCUT2D eigenvalue weighted by atomic mass is 32.1. The maximum Gasteiger partial charge on any atom is 0.203 e. The number of aromatic nitrogens is 1. The van der Waals surface area contributed by atoms with Crippen molar-refractivity contribution in [1.29, 1.82) is 0 Å². The van der Waals surface area contributed by atoms with Crippen molar-refractivity contribution < 1.29 is 18.9 Å². The molecule has 3 aromatic rings. The zero-order valence-electron chi connectivity index (χ0n) is 16.2. The van der Waals surface area contributed by atoms with Crippen molar-refractivity contribution in [3.05, 3.63) is 47.3 Å². The molecule has 3 rings (SSSR count). The van der Waals surface area contributed by atoms with E-state index in [2.05, 4.69) is 15.8 Å². The highest BCUT2D eigenvalue weighted by molar-refractivity contribution is 7.14. The molecule has 2 N–H and O–H groups in total. The van der Waals surface area contributed by atoms with Crippen molar-refractivity contribution in [3.63, 3.8) is 0 Å². The summed E-state index contributed by atoms with van der Waals surface area (Å²) in [5, 5.41) is 2.78. The number of hydrogen-bond donors (Lipinski definition) is 2. The lowest BCUT2D eigenvalue weighted by atomic mass is 10.2. The molecule has 0 bridgehead atoms. The molecule has 0 atom stereocenters. The number of benzene rings is 2. The Morgan fingerprint density at radius 3 is 2.14 bits per heavy atom. The van der Waals surface area contributed by atoms with E-state index in [0.717, 1.165) is 27.7 Å². The standard InChI is InChI=1S/C20H23N3O4S/c1-24-15-7-5-14(6-8-15)16-12-28-20(22-16)23-21-11-13-9-17(25-2)19(27-4)18(10-13)26-3/h5-10,12,21H,11H2,1-4H3,(H,22,23). The third kappa shape index (κ3) is 4.47. The molecular weight excluding hydrogens is 378 g/mol. The molecule has 0 saturated heterocycles. The van der Waals surface area contributed by atoms with Crippen LogP contribution in [-0.2, 0) is 6.54 Å². The van der Waals surface area contributed by atoms with Crippen LogP contribution in [0, 0.1) is 0 Å². The Labute approximate surface area is 168 Å². The van der Waals surface area contributed by atoms with E-state index in [0.29, 0.717) is 23.8 Å². The zero-order chi connectivity index (χ0) is 19.9. The molecular formula is C20H23N3O4S. The van der Waals surface area contributed by atoms with E-state index in [1.165, 1.54) is 11.3 Å². The summed E-state index contributed by atoms with van der Waals surface area (Å²) in [6, 6.07) is 11.6. The zero-order valence-corrected chi connectivity index (χ0v) is 17.1. The predicted molar refractivity (Wildman–Crippen MR) is 111 cm³/mol. The number of rotatable bonds is 9. The maximum absolute atomic E-state index is 5.38. The number of hydrazine groups is 1. The monoisotopic (exact) mass is 401 g/mol. The molecule has 0 radical (unpaired) electrons. The summed E-state index contributed by atoms with van der Waals surface area (Å²) in [6.45, 7) is 0.550. The average Bonchev–Trinajstić information content (AvgIpc) is 3.21. The number of hydrogen-bond acceptors (Lipinski definition) is 8. The molecule has 1 heterocycles. The van der Waals surface area contributed by atoms with Crippen molar-refractivity contribution in [2.45, 2.75) is 6.54 Å². The third-order valence-corrected chi connectivity index (χ3v) is 4.86. The Morgan fingerprint density at radius 2 is 1.57 bits per heavy atom. The molecule has 28 heavy (non-hydrogen) atoms. The van der Waals surface area contributed by atoms with Crippen LogP contribution in [-0.4, -0.2) is 33.4 Å². The van der Waals surface area contributed by atoms with Gasteiger partial charge in [0.05, 0.1) is 34.1 Å². The highest BCUT2D eigenvalue weighted by Gasteiger charge is 2.13. The molecule has 0 aliphatic rings. The van der Waals surface area contributed by atoms with Crippen LogP contribution in [0.4, 0.5) is 5.13 Å². The predicted octanol–water partition coefficient (Wildman–Crippen LogP) is 3.96. The number of anilines is 1.